The van der Waals surface area contributed by atoms with Crippen LogP contribution >= 0.6 is 15.9 Å². The molecule has 0 amide bonds. The zero-order chi connectivity index (χ0) is 11.0. The highest BCUT2D eigenvalue weighted by Gasteiger charge is 2.28. The van der Waals surface area contributed by atoms with Gasteiger partial charge in [0, 0.05) is 13.1 Å². The van der Waals surface area contributed by atoms with Gasteiger partial charge in [-0.2, -0.15) is 5.26 Å². The van der Waals surface area contributed by atoms with Crippen LogP contribution in [0, 0.1) is 17.1 Å². The highest BCUT2D eigenvalue weighted by atomic mass is 79.9. The first-order valence-corrected chi connectivity index (χ1v) is 5.55. The van der Waals surface area contributed by atoms with Crippen molar-refractivity contribution >= 4 is 21.6 Å². The summed E-state index contributed by atoms with van der Waals surface area (Å²) in [5, 5.41) is 8.73. The third-order valence-corrected chi connectivity index (χ3v) is 3.43. The molecule has 0 saturated heterocycles. The predicted octanol–water partition coefficient (Wildman–Crippen LogP) is 3.06. The molecule has 0 atom stereocenters. The maximum absolute atomic E-state index is 13.8. The van der Waals surface area contributed by atoms with Crippen LogP contribution in [-0.4, -0.2) is 13.1 Å². The van der Waals surface area contributed by atoms with E-state index in [-0.39, 0.29) is 10.3 Å². The molecule has 2 nitrogen and oxygen atoms in total. The summed E-state index contributed by atoms with van der Waals surface area (Å²) >= 11 is 3.10. The monoisotopic (exact) mass is 268 g/mol. The van der Waals surface area contributed by atoms with Crippen LogP contribution in [0.2, 0.25) is 0 Å². The summed E-state index contributed by atoms with van der Waals surface area (Å²) in [6.45, 7) is 0. The lowest BCUT2D eigenvalue weighted by molar-refractivity contribution is 0.615. The molecular formula is C11H10BrFN2. The van der Waals surface area contributed by atoms with Gasteiger partial charge in [0.15, 0.2) is 5.82 Å². The second kappa shape index (κ2) is 3.82. The van der Waals surface area contributed by atoms with Crippen molar-refractivity contribution in [3.63, 3.8) is 0 Å². The van der Waals surface area contributed by atoms with E-state index in [9.17, 15) is 4.39 Å². The van der Waals surface area contributed by atoms with Gasteiger partial charge in [-0.25, -0.2) is 4.39 Å². The highest BCUT2D eigenvalue weighted by Crippen LogP contribution is 2.34. The number of rotatable bonds is 2. The molecule has 1 aromatic rings. The lowest BCUT2D eigenvalue weighted by atomic mass is 10.2. The van der Waals surface area contributed by atoms with E-state index >= 15 is 0 Å². The van der Waals surface area contributed by atoms with Crippen molar-refractivity contribution in [1.29, 1.82) is 5.26 Å². The Morgan fingerprint density at radius 3 is 2.73 bits per heavy atom. The Balaban J connectivity index is 2.41. The van der Waals surface area contributed by atoms with Crippen molar-refractivity contribution < 1.29 is 4.39 Å². The molecule has 0 bridgehead atoms. The van der Waals surface area contributed by atoms with Crippen LogP contribution in [0.5, 0.6) is 0 Å². The van der Waals surface area contributed by atoms with E-state index < -0.39 is 0 Å². The zero-order valence-electron chi connectivity index (χ0n) is 8.30. The summed E-state index contributed by atoms with van der Waals surface area (Å²) in [4.78, 5) is 1.93. The minimum absolute atomic E-state index is 0.259. The van der Waals surface area contributed by atoms with E-state index in [1.54, 1.807) is 12.1 Å². The van der Waals surface area contributed by atoms with Crippen molar-refractivity contribution in [2.24, 2.45) is 0 Å². The largest absolute Gasteiger partial charge is 0.369 e. The number of hydrogen-bond acceptors (Lipinski definition) is 2. The Bertz CT molecular complexity index is 435. The first kappa shape index (κ1) is 10.4. The van der Waals surface area contributed by atoms with Gasteiger partial charge in [-0.05, 0) is 40.9 Å². The normalized spacial score (nSPS) is 14.8. The molecule has 15 heavy (non-hydrogen) atoms. The zero-order valence-corrected chi connectivity index (χ0v) is 9.88. The summed E-state index contributed by atoms with van der Waals surface area (Å²) in [5.41, 5.74) is 0.892. The molecule has 0 spiro atoms. The molecule has 0 N–H and O–H groups in total. The minimum atomic E-state index is -0.344. The average Bonchev–Trinajstić information content (AvgIpc) is 3.04. The molecule has 1 aliphatic rings. The quantitative estimate of drug-likeness (QED) is 0.825. The number of halogens is 2. The molecule has 0 aromatic heterocycles. The summed E-state index contributed by atoms with van der Waals surface area (Å²) in [5.74, 6) is -0.344. The summed E-state index contributed by atoms with van der Waals surface area (Å²) < 4.78 is 14.1. The fourth-order valence-electron chi connectivity index (χ4n) is 1.56. The molecule has 0 heterocycles. The molecule has 0 radical (unpaired) electrons. The number of nitrogens with zero attached hydrogens (tertiary/aromatic N) is 2. The minimum Gasteiger partial charge on any atom is -0.369 e. The van der Waals surface area contributed by atoms with Gasteiger partial charge >= 0.3 is 0 Å². The van der Waals surface area contributed by atoms with Crippen LogP contribution in [0.25, 0.3) is 0 Å². The van der Waals surface area contributed by atoms with Gasteiger partial charge in [0.1, 0.15) is 6.07 Å². The van der Waals surface area contributed by atoms with Gasteiger partial charge in [-0.1, -0.05) is 0 Å². The van der Waals surface area contributed by atoms with Gasteiger partial charge < -0.3 is 4.90 Å². The van der Waals surface area contributed by atoms with Gasteiger partial charge in [0.2, 0.25) is 0 Å². The van der Waals surface area contributed by atoms with Crippen LogP contribution in [0.1, 0.15) is 18.4 Å². The second-order valence-electron chi connectivity index (χ2n) is 3.71. The Kier molecular flexibility index (Phi) is 2.66. The molecule has 0 unspecified atom stereocenters. The Hall–Kier alpha value is -1.08. The van der Waals surface area contributed by atoms with Crippen molar-refractivity contribution in [2.45, 2.75) is 18.9 Å². The van der Waals surface area contributed by atoms with E-state index in [4.69, 9.17) is 5.26 Å². The smallest absolute Gasteiger partial charge is 0.161 e. The molecule has 0 aliphatic heterocycles. The van der Waals surface area contributed by atoms with E-state index in [1.165, 1.54) is 0 Å². The second-order valence-corrected chi connectivity index (χ2v) is 4.51. The van der Waals surface area contributed by atoms with E-state index in [2.05, 4.69) is 15.9 Å². The van der Waals surface area contributed by atoms with Crippen molar-refractivity contribution in [3.8, 4) is 6.07 Å². The topological polar surface area (TPSA) is 27.0 Å². The van der Waals surface area contributed by atoms with Crippen molar-refractivity contribution in [3.05, 3.63) is 28.0 Å². The molecule has 4 heteroatoms. The van der Waals surface area contributed by atoms with Crippen molar-refractivity contribution in [1.82, 2.24) is 0 Å². The molecule has 2 rings (SSSR count). The Labute approximate surface area is 96.4 Å². The molecule has 78 valence electrons. The van der Waals surface area contributed by atoms with Crippen LogP contribution in [0.4, 0.5) is 10.1 Å². The first-order valence-electron chi connectivity index (χ1n) is 4.76. The lowest BCUT2D eigenvalue weighted by Crippen LogP contribution is -2.20. The van der Waals surface area contributed by atoms with Crippen LogP contribution in [0.15, 0.2) is 16.6 Å². The molecular weight excluding hydrogens is 259 g/mol. The summed E-state index contributed by atoms with van der Waals surface area (Å²) in [6.07, 6.45) is 2.24. The molecule has 1 aliphatic carbocycles. The van der Waals surface area contributed by atoms with Crippen molar-refractivity contribution in [2.75, 3.05) is 11.9 Å². The summed E-state index contributed by atoms with van der Waals surface area (Å²) in [6, 6.07) is 5.70. The van der Waals surface area contributed by atoms with E-state index in [0.717, 1.165) is 12.8 Å². The van der Waals surface area contributed by atoms with E-state index in [1.807, 2.05) is 18.0 Å². The summed E-state index contributed by atoms with van der Waals surface area (Å²) in [7, 11) is 1.88. The van der Waals surface area contributed by atoms with Crippen LogP contribution in [-0.2, 0) is 0 Å². The SMILES string of the molecule is CN(c1ccc(C#N)c(Br)c1F)C1CC1. The standard InChI is InChI=1S/C11H10BrFN2/c1-15(8-3-4-8)9-5-2-7(6-14)10(12)11(9)13/h2,5,8H,3-4H2,1H3. The third kappa shape index (κ3) is 1.84. The maximum Gasteiger partial charge on any atom is 0.161 e. The van der Waals surface area contributed by atoms with Gasteiger partial charge in [-0.3, -0.25) is 0 Å². The van der Waals surface area contributed by atoms with Crippen LogP contribution < -0.4 is 4.90 Å². The number of anilines is 1. The predicted molar refractivity (Wildman–Crippen MR) is 60.2 cm³/mol. The highest BCUT2D eigenvalue weighted by molar-refractivity contribution is 9.10. The average molecular weight is 269 g/mol. The fraction of sp³-hybridized carbons (Fsp3) is 0.364. The maximum atomic E-state index is 13.8. The number of benzene rings is 1. The third-order valence-electron chi connectivity index (χ3n) is 2.66. The van der Waals surface area contributed by atoms with Gasteiger partial charge in [0.25, 0.3) is 0 Å². The molecule has 1 saturated carbocycles. The van der Waals surface area contributed by atoms with Gasteiger partial charge in [0.05, 0.1) is 15.7 Å². The van der Waals surface area contributed by atoms with E-state index in [0.29, 0.717) is 17.3 Å². The molecule has 1 fully saturated rings. The first-order chi connectivity index (χ1) is 7.15. The van der Waals surface area contributed by atoms with Crippen LogP contribution in [0.3, 0.4) is 0 Å². The Morgan fingerprint density at radius 1 is 1.53 bits per heavy atom. The fourth-order valence-corrected chi connectivity index (χ4v) is 1.98. The lowest BCUT2D eigenvalue weighted by Gasteiger charge is -2.19. The Morgan fingerprint density at radius 2 is 2.20 bits per heavy atom. The number of nitriles is 1. The number of hydrogen-bond donors (Lipinski definition) is 0. The van der Waals surface area contributed by atoms with Gasteiger partial charge in [-0.15, -0.1) is 0 Å². The molecule has 1 aromatic carbocycles.